The van der Waals surface area contributed by atoms with Crippen molar-refractivity contribution < 1.29 is 4.42 Å². The average Bonchev–Trinajstić information content (AvgIpc) is 2.79. The Balaban J connectivity index is 1.98. The van der Waals surface area contributed by atoms with Crippen LogP contribution in [-0.4, -0.2) is 0 Å². The molecule has 16 heavy (non-hydrogen) atoms. The fraction of sp³-hybridized carbons (Fsp3) is 0.231. The smallest absolute Gasteiger partial charge is 0.113 e. The molecule has 1 aromatic carbocycles. The second-order valence-corrected chi connectivity index (χ2v) is 5.29. The van der Waals surface area contributed by atoms with Crippen molar-refractivity contribution in [2.45, 2.75) is 17.9 Å². The lowest BCUT2D eigenvalue weighted by Gasteiger charge is -2.12. The van der Waals surface area contributed by atoms with Gasteiger partial charge < -0.3 is 4.42 Å². The highest BCUT2D eigenvalue weighted by Crippen LogP contribution is 2.34. The Bertz CT molecular complexity index is 439. The number of hydrogen-bond donors (Lipinski definition) is 0. The van der Waals surface area contributed by atoms with Gasteiger partial charge in [-0.2, -0.15) is 0 Å². The second kappa shape index (κ2) is 5.46. The third-order valence-electron chi connectivity index (χ3n) is 2.40. The zero-order valence-electron chi connectivity index (χ0n) is 9.02. The van der Waals surface area contributed by atoms with Crippen LogP contribution in [0.5, 0.6) is 0 Å². The standard InChI is InChI=1S/C13H13ClOS/c1-10(12-6-2-3-7-13(12)14)16-9-11-5-4-8-15-11/h2-8,10H,9H2,1H3. The topological polar surface area (TPSA) is 13.1 Å². The minimum atomic E-state index is 0.374. The van der Waals surface area contributed by atoms with E-state index in [-0.39, 0.29) is 0 Å². The molecule has 2 rings (SSSR count). The van der Waals surface area contributed by atoms with Crippen molar-refractivity contribution in [3.8, 4) is 0 Å². The minimum absolute atomic E-state index is 0.374. The van der Waals surface area contributed by atoms with Crippen LogP contribution in [0.25, 0.3) is 0 Å². The summed E-state index contributed by atoms with van der Waals surface area (Å²) < 4.78 is 5.30. The highest BCUT2D eigenvalue weighted by atomic mass is 35.5. The highest BCUT2D eigenvalue weighted by Gasteiger charge is 2.10. The van der Waals surface area contributed by atoms with E-state index in [0.29, 0.717) is 5.25 Å². The summed E-state index contributed by atoms with van der Waals surface area (Å²) in [6.45, 7) is 2.16. The number of rotatable bonds is 4. The van der Waals surface area contributed by atoms with Crippen LogP contribution in [0.1, 0.15) is 23.5 Å². The van der Waals surface area contributed by atoms with Gasteiger partial charge in [0.2, 0.25) is 0 Å². The predicted molar refractivity (Wildman–Crippen MR) is 69.9 cm³/mol. The molecule has 1 unspecified atom stereocenters. The van der Waals surface area contributed by atoms with Crippen molar-refractivity contribution >= 4 is 23.4 Å². The lowest BCUT2D eigenvalue weighted by atomic mass is 10.2. The van der Waals surface area contributed by atoms with Gasteiger partial charge in [0.15, 0.2) is 0 Å². The summed E-state index contributed by atoms with van der Waals surface area (Å²) in [7, 11) is 0. The molecule has 0 spiro atoms. The second-order valence-electron chi connectivity index (χ2n) is 3.55. The Labute approximate surface area is 105 Å². The lowest BCUT2D eigenvalue weighted by molar-refractivity contribution is 0.530. The third-order valence-corrected chi connectivity index (χ3v) is 3.95. The Morgan fingerprint density at radius 2 is 2.06 bits per heavy atom. The summed E-state index contributed by atoms with van der Waals surface area (Å²) in [5.74, 6) is 1.88. The number of hydrogen-bond acceptors (Lipinski definition) is 2. The van der Waals surface area contributed by atoms with E-state index in [0.717, 1.165) is 16.5 Å². The van der Waals surface area contributed by atoms with Gasteiger partial charge in [-0.05, 0) is 30.7 Å². The van der Waals surface area contributed by atoms with Gasteiger partial charge in [-0.15, -0.1) is 11.8 Å². The van der Waals surface area contributed by atoms with Crippen LogP contribution in [0.4, 0.5) is 0 Å². The van der Waals surface area contributed by atoms with Gasteiger partial charge in [0.1, 0.15) is 5.76 Å². The summed E-state index contributed by atoms with van der Waals surface area (Å²) in [5, 5.41) is 1.21. The molecule has 0 N–H and O–H groups in total. The first-order valence-electron chi connectivity index (χ1n) is 5.16. The lowest BCUT2D eigenvalue weighted by Crippen LogP contribution is -1.90. The maximum atomic E-state index is 6.14. The molecular weight excluding hydrogens is 240 g/mol. The first kappa shape index (κ1) is 11.6. The van der Waals surface area contributed by atoms with Crippen LogP contribution in [0.15, 0.2) is 47.1 Å². The first-order valence-corrected chi connectivity index (χ1v) is 6.58. The van der Waals surface area contributed by atoms with Gasteiger partial charge in [-0.3, -0.25) is 0 Å². The van der Waals surface area contributed by atoms with Crippen molar-refractivity contribution in [3.63, 3.8) is 0 Å². The summed E-state index contributed by atoms with van der Waals surface area (Å²) in [6, 6.07) is 11.9. The van der Waals surface area contributed by atoms with Gasteiger partial charge in [-0.1, -0.05) is 29.8 Å². The fourth-order valence-electron chi connectivity index (χ4n) is 1.50. The molecule has 84 valence electrons. The van der Waals surface area contributed by atoms with Gasteiger partial charge >= 0.3 is 0 Å². The molecule has 2 aromatic rings. The van der Waals surface area contributed by atoms with Gasteiger partial charge in [0.05, 0.1) is 12.0 Å². The molecule has 0 radical (unpaired) electrons. The van der Waals surface area contributed by atoms with E-state index in [2.05, 4.69) is 13.0 Å². The zero-order chi connectivity index (χ0) is 11.4. The van der Waals surface area contributed by atoms with Crippen molar-refractivity contribution in [2.75, 3.05) is 0 Å². The minimum Gasteiger partial charge on any atom is -0.468 e. The van der Waals surface area contributed by atoms with E-state index in [4.69, 9.17) is 16.0 Å². The zero-order valence-corrected chi connectivity index (χ0v) is 10.6. The third kappa shape index (κ3) is 2.83. The number of furan rings is 1. The molecule has 0 amide bonds. The van der Waals surface area contributed by atoms with Gasteiger partial charge in [-0.25, -0.2) is 0 Å². The summed E-state index contributed by atoms with van der Waals surface area (Å²) in [5.41, 5.74) is 1.18. The number of halogens is 1. The van der Waals surface area contributed by atoms with E-state index < -0.39 is 0 Å². The van der Waals surface area contributed by atoms with Crippen LogP contribution in [0, 0.1) is 0 Å². The van der Waals surface area contributed by atoms with Crippen LogP contribution < -0.4 is 0 Å². The fourth-order valence-corrected chi connectivity index (χ4v) is 2.82. The molecule has 0 aliphatic rings. The van der Waals surface area contributed by atoms with Crippen LogP contribution in [-0.2, 0) is 5.75 Å². The Hall–Kier alpha value is -0.860. The molecular formula is C13H13ClOS. The predicted octanol–water partition coefficient (Wildman–Crippen LogP) is 4.93. The highest BCUT2D eigenvalue weighted by molar-refractivity contribution is 7.98. The largest absolute Gasteiger partial charge is 0.468 e. The molecule has 1 nitrogen and oxygen atoms in total. The van der Waals surface area contributed by atoms with Crippen LogP contribution in [0.2, 0.25) is 5.02 Å². The van der Waals surface area contributed by atoms with Crippen molar-refractivity contribution in [2.24, 2.45) is 0 Å². The molecule has 0 aliphatic carbocycles. The van der Waals surface area contributed by atoms with E-state index in [1.54, 1.807) is 6.26 Å². The molecule has 1 atom stereocenters. The monoisotopic (exact) mass is 252 g/mol. The average molecular weight is 253 g/mol. The summed E-state index contributed by atoms with van der Waals surface area (Å²) >= 11 is 7.97. The normalized spacial score (nSPS) is 12.6. The number of benzene rings is 1. The molecule has 0 bridgehead atoms. The SMILES string of the molecule is CC(SCc1ccco1)c1ccccc1Cl. The van der Waals surface area contributed by atoms with E-state index in [9.17, 15) is 0 Å². The van der Waals surface area contributed by atoms with Crippen LogP contribution >= 0.6 is 23.4 Å². The maximum Gasteiger partial charge on any atom is 0.113 e. The van der Waals surface area contributed by atoms with Gasteiger partial charge in [0, 0.05) is 10.3 Å². The van der Waals surface area contributed by atoms with E-state index in [1.807, 2.05) is 42.1 Å². The molecule has 3 heteroatoms. The summed E-state index contributed by atoms with van der Waals surface area (Å²) in [6.07, 6.45) is 1.70. The van der Waals surface area contributed by atoms with E-state index >= 15 is 0 Å². The molecule has 1 heterocycles. The maximum absolute atomic E-state index is 6.14. The van der Waals surface area contributed by atoms with Crippen molar-refractivity contribution in [1.29, 1.82) is 0 Å². The van der Waals surface area contributed by atoms with Gasteiger partial charge in [0.25, 0.3) is 0 Å². The summed E-state index contributed by atoms with van der Waals surface area (Å²) in [4.78, 5) is 0. The molecule has 0 saturated carbocycles. The van der Waals surface area contributed by atoms with E-state index in [1.165, 1.54) is 5.56 Å². The van der Waals surface area contributed by atoms with Crippen molar-refractivity contribution in [3.05, 3.63) is 59.0 Å². The van der Waals surface area contributed by atoms with Crippen LogP contribution in [0.3, 0.4) is 0 Å². The number of thioether (sulfide) groups is 1. The van der Waals surface area contributed by atoms with Crippen molar-refractivity contribution in [1.82, 2.24) is 0 Å². The Kier molecular flexibility index (Phi) is 3.97. The first-order chi connectivity index (χ1) is 7.77. The molecule has 0 fully saturated rings. The molecule has 0 saturated heterocycles. The Morgan fingerprint density at radius 3 is 2.75 bits per heavy atom. The molecule has 0 aliphatic heterocycles. The quantitative estimate of drug-likeness (QED) is 0.766. The Morgan fingerprint density at radius 1 is 1.25 bits per heavy atom. The molecule has 1 aromatic heterocycles.